The Balaban J connectivity index is 1.71. The van der Waals surface area contributed by atoms with E-state index in [0.29, 0.717) is 5.92 Å². The summed E-state index contributed by atoms with van der Waals surface area (Å²) in [6.07, 6.45) is 11.2. The van der Waals surface area contributed by atoms with Crippen molar-refractivity contribution < 1.29 is 4.74 Å². The van der Waals surface area contributed by atoms with E-state index in [2.05, 4.69) is 48.0 Å². The summed E-state index contributed by atoms with van der Waals surface area (Å²) < 4.78 is 8.80. The lowest BCUT2D eigenvalue weighted by Gasteiger charge is -2.28. The summed E-state index contributed by atoms with van der Waals surface area (Å²) in [5.41, 5.74) is 1.09. The SMILES string of the molecule is C[C@]1(n2ccc3ccccc32)CC2CCCCC[C]2O1. The average molecular weight is 268 g/mol. The molecule has 1 aliphatic carbocycles. The number of nitrogens with zero attached hydrogens (tertiary/aromatic N) is 1. The van der Waals surface area contributed by atoms with Crippen molar-refractivity contribution in [3.8, 4) is 0 Å². The van der Waals surface area contributed by atoms with Gasteiger partial charge < -0.3 is 9.30 Å². The van der Waals surface area contributed by atoms with Gasteiger partial charge in [0.25, 0.3) is 0 Å². The largest absolute Gasteiger partial charge is 0.346 e. The molecule has 0 amide bonds. The number of hydrogen-bond donors (Lipinski definition) is 0. The molecule has 0 spiro atoms. The lowest BCUT2D eigenvalue weighted by molar-refractivity contribution is -0.0419. The number of rotatable bonds is 1. The van der Waals surface area contributed by atoms with Crippen LogP contribution in [0.4, 0.5) is 0 Å². The summed E-state index contributed by atoms with van der Waals surface area (Å²) in [6, 6.07) is 10.8. The number of fused-ring (bicyclic) bond motifs is 2. The Labute approximate surface area is 120 Å². The molecule has 2 aromatic rings. The molecule has 1 aliphatic heterocycles. The molecule has 2 atom stereocenters. The van der Waals surface area contributed by atoms with Crippen molar-refractivity contribution in [2.24, 2.45) is 5.92 Å². The fourth-order valence-corrected chi connectivity index (χ4v) is 4.01. The van der Waals surface area contributed by atoms with Crippen molar-refractivity contribution in [2.75, 3.05) is 0 Å². The molecule has 1 radical (unpaired) electrons. The van der Waals surface area contributed by atoms with E-state index in [4.69, 9.17) is 4.74 Å². The molecule has 2 heteroatoms. The molecular formula is C18H22NO. The zero-order valence-electron chi connectivity index (χ0n) is 12.1. The lowest BCUT2D eigenvalue weighted by atomic mass is 9.93. The van der Waals surface area contributed by atoms with Crippen LogP contribution in [-0.4, -0.2) is 4.57 Å². The van der Waals surface area contributed by atoms with E-state index < -0.39 is 0 Å². The first-order valence-corrected chi connectivity index (χ1v) is 7.88. The minimum absolute atomic E-state index is 0.194. The van der Waals surface area contributed by atoms with Crippen molar-refractivity contribution in [3.63, 3.8) is 0 Å². The van der Waals surface area contributed by atoms with Gasteiger partial charge in [-0.25, -0.2) is 0 Å². The zero-order chi connectivity index (χ0) is 13.6. The topological polar surface area (TPSA) is 14.2 Å². The van der Waals surface area contributed by atoms with Crippen LogP contribution >= 0.6 is 0 Å². The van der Waals surface area contributed by atoms with Gasteiger partial charge in [0, 0.05) is 12.6 Å². The Kier molecular flexibility index (Phi) is 2.88. The smallest absolute Gasteiger partial charge is 0.143 e. The molecule has 2 heterocycles. The maximum Gasteiger partial charge on any atom is 0.143 e. The summed E-state index contributed by atoms with van der Waals surface area (Å²) in [4.78, 5) is 0. The molecule has 0 N–H and O–H groups in total. The molecule has 1 aromatic heterocycles. The van der Waals surface area contributed by atoms with E-state index in [-0.39, 0.29) is 5.72 Å². The van der Waals surface area contributed by atoms with Gasteiger partial charge in [-0.15, -0.1) is 0 Å². The number of ether oxygens (including phenoxy) is 1. The van der Waals surface area contributed by atoms with Crippen LogP contribution in [0.2, 0.25) is 0 Å². The molecule has 105 valence electrons. The molecule has 1 aromatic carbocycles. The minimum Gasteiger partial charge on any atom is -0.346 e. The first-order chi connectivity index (χ1) is 9.76. The average Bonchev–Trinajstić information content (AvgIpc) is 2.95. The molecule has 4 rings (SSSR count). The van der Waals surface area contributed by atoms with Gasteiger partial charge in [-0.05, 0) is 43.2 Å². The van der Waals surface area contributed by atoms with E-state index in [1.54, 1.807) is 0 Å². The van der Waals surface area contributed by atoms with Crippen LogP contribution in [0.3, 0.4) is 0 Å². The Morgan fingerprint density at radius 3 is 3.00 bits per heavy atom. The van der Waals surface area contributed by atoms with Gasteiger partial charge in [-0.3, -0.25) is 0 Å². The van der Waals surface area contributed by atoms with Crippen LogP contribution in [0.25, 0.3) is 10.9 Å². The summed E-state index contributed by atoms with van der Waals surface area (Å²) in [5, 5.41) is 1.30. The molecule has 1 unspecified atom stereocenters. The molecule has 2 nitrogen and oxygen atoms in total. The molecule has 20 heavy (non-hydrogen) atoms. The highest BCUT2D eigenvalue weighted by Gasteiger charge is 2.45. The Hall–Kier alpha value is -1.28. The maximum absolute atomic E-state index is 6.46. The minimum atomic E-state index is -0.194. The fraction of sp³-hybridized carbons (Fsp3) is 0.500. The van der Waals surface area contributed by atoms with Crippen LogP contribution < -0.4 is 0 Å². The third kappa shape index (κ3) is 1.89. The number of benzene rings is 1. The van der Waals surface area contributed by atoms with Gasteiger partial charge in [-0.2, -0.15) is 0 Å². The summed E-state index contributed by atoms with van der Waals surface area (Å²) in [7, 11) is 0. The highest BCUT2D eigenvalue weighted by atomic mass is 16.5. The summed E-state index contributed by atoms with van der Waals surface area (Å²) in [6.45, 7) is 2.25. The predicted molar refractivity (Wildman–Crippen MR) is 81.1 cm³/mol. The second-order valence-corrected chi connectivity index (χ2v) is 6.49. The van der Waals surface area contributed by atoms with Crippen LogP contribution in [0.5, 0.6) is 0 Å². The van der Waals surface area contributed by atoms with Gasteiger partial charge >= 0.3 is 0 Å². The Bertz CT molecular complexity index is 601. The first-order valence-electron chi connectivity index (χ1n) is 7.88. The van der Waals surface area contributed by atoms with E-state index in [1.165, 1.54) is 49.1 Å². The zero-order valence-corrected chi connectivity index (χ0v) is 12.1. The van der Waals surface area contributed by atoms with E-state index in [9.17, 15) is 0 Å². The van der Waals surface area contributed by atoms with Crippen molar-refractivity contribution in [1.82, 2.24) is 4.57 Å². The van der Waals surface area contributed by atoms with Crippen molar-refractivity contribution >= 4 is 10.9 Å². The maximum atomic E-state index is 6.46. The number of hydrogen-bond acceptors (Lipinski definition) is 1. The lowest BCUT2D eigenvalue weighted by Crippen LogP contribution is -2.28. The van der Waals surface area contributed by atoms with Crippen molar-refractivity contribution in [1.29, 1.82) is 0 Å². The van der Waals surface area contributed by atoms with Gasteiger partial charge in [0.2, 0.25) is 0 Å². The van der Waals surface area contributed by atoms with E-state index in [0.717, 1.165) is 6.42 Å². The Morgan fingerprint density at radius 1 is 1.15 bits per heavy atom. The van der Waals surface area contributed by atoms with Gasteiger partial charge in [0.05, 0.1) is 5.52 Å². The molecule has 0 bridgehead atoms. The van der Waals surface area contributed by atoms with Gasteiger partial charge in [-0.1, -0.05) is 37.5 Å². The number of para-hydroxylation sites is 1. The molecular weight excluding hydrogens is 246 g/mol. The normalized spacial score (nSPS) is 31.4. The van der Waals surface area contributed by atoms with Crippen LogP contribution in [0.1, 0.15) is 45.4 Å². The summed E-state index contributed by atoms with van der Waals surface area (Å²) in [5.74, 6) is 0.670. The van der Waals surface area contributed by atoms with Gasteiger partial charge in [0.15, 0.2) is 0 Å². The Morgan fingerprint density at radius 2 is 2.05 bits per heavy atom. The van der Waals surface area contributed by atoms with Crippen molar-refractivity contribution in [2.45, 2.75) is 51.2 Å². The highest BCUT2D eigenvalue weighted by molar-refractivity contribution is 5.80. The summed E-state index contributed by atoms with van der Waals surface area (Å²) >= 11 is 0. The van der Waals surface area contributed by atoms with Crippen LogP contribution in [-0.2, 0) is 10.5 Å². The first kappa shape index (κ1) is 12.5. The standard InChI is InChI=1S/C18H22NO/c1-18(13-15-8-3-2-4-10-17(15)20-18)19-12-11-14-7-5-6-9-16(14)19/h5-7,9,11-12,15H,2-4,8,10,13H2,1H3/t15?,18-/m1/s1. The molecule has 2 aliphatic rings. The second-order valence-electron chi connectivity index (χ2n) is 6.49. The second kappa shape index (κ2) is 4.63. The van der Waals surface area contributed by atoms with E-state index >= 15 is 0 Å². The highest BCUT2D eigenvalue weighted by Crippen LogP contribution is 2.49. The van der Waals surface area contributed by atoms with E-state index in [1.807, 2.05) is 0 Å². The third-order valence-electron chi connectivity index (χ3n) is 5.02. The monoisotopic (exact) mass is 268 g/mol. The molecule has 1 saturated heterocycles. The van der Waals surface area contributed by atoms with Crippen LogP contribution in [0, 0.1) is 12.0 Å². The quantitative estimate of drug-likeness (QED) is 0.721. The molecule has 1 saturated carbocycles. The van der Waals surface area contributed by atoms with Gasteiger partial charge in [0.1, 0.15) is 11.8 Å². The number of aromatic nitrogens is 1. The van der Waals surface area contributed by atoms with Crippen LogP contribution in [0.15, 0.2) is 36.5 Å². The van der Waals surface area contributed by atoms with Crippen molar-refractivity contribution in [3.05, 3.63) is 42.6 Å². The fourth-order valence-electron chi connectivity index (χ4n) is 4.01. The predicted octanol–water partition coefficient (Wildman–Crippen LogP) is 4.85. The third-order valence-corrected chi connectivity index (χ3v) is 5.02. The molecule has 2 fully saturated rings.